The van der Waals surface area contributed by atoms with Gasteiger partial charge in [0.15, 0.2) is 10.3 Å². The Kier molecular flexibility index (Phi) is 4.70. The van der Waals surface area contributed by atoms with Crippen LogP contribution in [0, 0.1) is 6.92 Å². The zero-order chi connectivity index (χ0) is 15.5. The largest absolute Gasteiger partial charge is 0.376 e. The molecule has 3 rings (SSSR count). The maximum absolute atomic E-state index is 11.1. The van der Waals surface area contributed by atoms with Gasteiger partial charge in [-0.15, -0.1) is 11.3 Å². The van der Waals surface area contributed by atoms with Crippen LogP contribution in [-0.4, -0.2) is 35.1 Å². The van der Waals surface area contributed by atoms with E-state index in [-0.39, 0.29) is 5.91 Å². The van der Waals surface area contributed by atoms with Gasteiger partial charge in [0.05, 0.1) is 22.4 Å². The molecule has 0 bridgehead atoms. The van der Waals surface area contributed by atoms with Crippen LogP contribution in [0.1, 0.15) is 25.5 Å². The number of rotatable bonds is 5. The molecule has 2 N–H and O–H groups in total. The number of nitrogens with one attached hydrogen (secondary N) is 2. The molecule has 1 fully saturated rings. The van der Waals surface area contributed by atoms with Crippen LogP contribution in [0.15, 0.2) is 5.38 Å². The fourth-order valence-electron chi connectivity index (χ4n) is 2.30. The van der Waals surface area contributed by atoms with Crippen molar-refractivity contribution < 1.29 is 9.53 Å². The number of hydrogen-bond donors (Lipinski definition) is 2. The molecule has 1 aliphatic rings. The minimum absolute atomic E-state index is 0.113. The average molecular weight is 338 g/mol. The quantitative estimate of drug-likeness (QED) is 0.876. The summed E-state index contributed by atoms with van der Waals surface area (Å²) in [5, 5.41) is 9.56. The predicted molar refractivity (Wildman–Crippen MR) is 89.7 cm³/mol. The minimum atomic E-state index is -0.113. The Balaban J connectivity index is 1.67. The zero-order valence-electron chi connectivity index (χ0n) is 12.5. The number of aryl methyl sites for hydroxylation is 1. The summed E-state index contributed by atoms with van der Waals surface area (Å²) in [7, 11) is 0. The topological polar surface area (TPSA) is 76.1 Å². The van der Waals surface area contributed by atoms with Crippen LogP contribution in [0.4, 0.5) is 10.3 Å². The molecule has 1 atom stereocenters. The average Bonchev–Trinajstić information content (AvgIpc) is 3.16. The molecule has 3 heterocycles. The molecule has 1 saturated heterocycles. The Morgan fingerprint density at radius 1 is 1.45 bits per heavy atom. The van der Waals surface area contributed by atoms with Crippen LogP contribution >= 0.6 is 22.7 Å². The molecule has 0 aliphatic carbocycles. The predicted octanol–water partition coefficient (Wildman–Crippen LogP) is 3.12. The molecular formula is C14H18N4O2S2. The summed E-state index contributed by atoms with van der Waals surface area (Å²) in [5.74, 6) is -0.113. The number of nitrogens with zero attached hydrogens (tertiary/aromatic N) is 2. The number of carbonyl (C=O) groups is 1. The smallest absolute Gasteiger partial charge is 0.223 e. The van der Waals surface area contributed by atoms with Gasteiger partial charge < -0.3 is 15.4 Å². The second-order valence-electron chi connectivity index (χ2n) is 5.17. The van der Waals surface area contributed by atoms with Gasteiger partial charge in [-0.05, 0) is 19.8 Å². The van der Waals surface area contributed by atoms with Crippen LogP contribution in [0.5, 0.6) is 0 Å². The van der Waals surface area contributed by atoms with E-state index in [4.69, 9.17) is 4.74 Å². The van der Waals surface area contributed by atoms with Gasteiger partial charge in [-0.25, -0.2) is 9.97 Å². The van der Waals surface area contributed by atoms with Crippen molar-refractivity contribution in [2.45, 2.75) is 32.8 Å². The number of hydrogen-bond acceptors (Lipinski definition) is 7. The number of thiazole rings is 2. The number of aromatic nitrogens is 2. The van der Waals surface area contributed by atoms with E-state index in [1.165, 1.54) is 18.3 Å². The molecular weight excluding hydrogens is 320 g/mol. The van der Waals surface area contributed by atoms with Gasteiger partial charge in [0.2, 0.25) is 5.91 Å². The second kappa shape index (κ2) is 6.72. The van der Waals surface area contributed by atoms with Crippen molar-refractivity contribution in [1.82, 2.24) is 9.97 Å². The lowest BCUT2D eigenvalue weighted by Gasteiger charge is -2.08. The highest BCUT2D eigenvalue weighted by molar-refractivity contribution is 7.19. The van der Waals surface area contributed by atoms with Crippen molar-refractivity contribution in [3.63, 3.8) is 0 Å². The van der Waals surface area contributed by atoms with Gasteiger partial charge in [0, 0.05) is 25.5 Å². The Labute approximate surface area is 136 Å². The lowest BCUT2D eigenvalue weighted by Crippen LogP contribution is -2.18. The molecule has 0 aromatic carbocycles. The van der Waals surface area contributed by atoms with Crippen LogP contribution in [0.2, 0.25) is 0 Å². The summed E-state index contributed by atoms with van der Waals surface area (Å²) in [4.78, 5) is 21.1. The summed E-state index contributed by atoms with van der Waals surface area (Å²) >= 11 is 3.02. The molecule has 1 unspecified atom stereocenters. The van der Waals surface area contributed by atoms with Crippen LogP contribution in [0.3, 0.4) is 0 Å². The third-order valence-electron chi connectivity index (χ3n) is 3.32. The van der Waals surface area contributed by atoms with E-state index in [1.807, 2.05) is 12.3 Å². The fraction of sp³-hybridized carbons (Fsp3) is 0.500. The van der Waals surface area contributed by atoms with E-state index in [1.54, 1.807) is 11.3 Å². The fourth-order valence-corrected chi connectivity index (χ4v) is 4.06. The first-order valence-electron chi connectivity index (χ1n) is 7.18. The molecule has 0 saturated carbocycles. The van der Waals surface area contributed by atoms with Crippen molar-refractivity contribution in [3.05, 3.63) is 11.1 Å². The molecule has 0 spiro atoms. The molecule has 8 heteroatoms. The van der Waals surface area contributed by atoms with Crippen LogP contribution in [-0.2, 0) is 9.53 Å². The van der Waals surface area contributed by atoms with Gasteiger partial charge in [-0.2, -0.15) is 0 Å². The molecule has 1 aliphatic heterocycles. The maximum atomic E-state index is 11.1. The Hall–Kier alpha value is -1.51. The van der Waals surface area contributed by atoms with Crippen molar-refractivity contribution in [3.8, 4) is 10.6 Å². The van der Waals surface area contributed by atoms with Crippen LogP contribution < -0.4 is 10.6 Å². The standard InChI is InChI=1S/C14H18N4O2S2/c1-8-12(22-14(16-8)17-9(2)19)11-7-21-13(18-11)15-6-10-4-3-5-20-10/h7,10H,3-6H2,1-2H3,(H,15,18)(H,16,17,19). The van der Waals surface area contributed by atoms with E-state index in [9.17, 15) is 4.79 Å². The van der Waals surface area contributed by atoms with E-state index < -0.39 is 0 Å². The highest BCUT2D eigenvalue weighted by Crippen LogP contribution is 2.34. The minimum Gasteiger partial charge on any atom is -0.376 e. The summed E-state index contributed by atoms with van der Waals surface area (Å²) < 4.78 is 5.59. The molecule has 22 heavy (non-hydrogen) atoms. The highest BCUT2D eigenvalue weighted by atomic mass is 32.1. The SMILES string of the molecule is CC(=O)Nc1nc(C)c(-c2csc(NCC3CCCO3)n2)s1. The Morgan fingerprint density at radius 3 is 3.05 bits per heavy atom. The molecule has 6 nitrogen and oxygen atoms in total. The molecule has 0 radical (unpaired) electrons. The summed E-state index contributed by atoms with van der Waals surface area (Å²) in [6.07, 6.45) is 2.55. The lowest BCUT2D eigenvalue weighted by molar-refractivity contribution is -0.114. The zero-order valence-corrected chi connectivity index (χ0v) is 14.1. The first kappa shape index (κ1) is 15.4. The van der Waals surface area contributed by atoms with Crippen LogP contribution in [0.25, 0.3) is 10.6 Å². The Bertz CT molecular complexity index is 662. The molecule has 2 aromatic rings. The molecule has 2 aromatic heterocycles. The third kappa shape index (κ3) is 3.63. The number of anilines is 2. The summed E-state index contributed by atoms with van der Waals surface area (Å²) in [6, 6.07) is 0. The second-order valence-corrected chi connectivity index (χ2v) is 7.03. The summed E-state index contributed by atoms with van der Waals surface area (Å²) in [6.45, 7) is 5.07. The van der Waals surface area contributed by atoms with Gasteiger partial charge in [0.1, 0.15) is 0 Å². The highest BCUT2D eigenvalue weighted by Gasteiger charge is 2.17. The van der Waals surface area contributed by atoms with E-state index in [2.05, 4.69) is 20.6 Å². The Morgan fingerprint density at radius 2 is 2.32 bits per heavy atom. The number of amides is 1. The molecule has 118 valence electrons. The number of carbonyl (C=O) groups excluding carboxylic acids is 1. The van der Waals surface area contributed by atoms with E-state index >= 15 is 0 Å². The van der Waals surface area contributed by atoms with E-state index in [0.29, 0.717) is 11.2 Å². The maximum Gasteiger partial charge on any atom is 0.223 e. The third-order valence-corrected chi connectivity index (χ3v) is 5.22. The van der Waals surface area contributed by atoms with Crippen molar-refractivity contribution in [1.29, 1.82) is 0 Å². The molecule has 1 amide bonds. The monoisotopic (exact) mass is 338 g/mol. The first-order valence-corrected chi connectivity index (χ1v) is 8.88. The number of ether oxygens (including phenoxy) is 1. The van der Waals surface area contributed by atoms with Crippen molar-refractivity contribution >= 4 is 38.8 Å². The van der Waals surface area contributed by atoms with Gasteiger partial charge in [-0.3, -0.25) is 4.79 Å². The van der Waals surface area contributed by atoms with Gasteiger partial charge >= 0.3 is 0 Å². The van der Waals surface area contributed by atoms with Crippen molar-refractivity contribution in [2.75, 3.05) is 23.8 Å². The van der Waals surface area contributed by atoms with Gasteiger partial charge in [0.25, 0.3) is 0 Å². The summed E-state index contributed by atoms with van der Waals surface area (Å²) in [5.41, 5.74) is 1.77. The van der Waals surface area contributed by atoms with Crippen molar-refractivity contribution in [2.24, 2.45) is 0 Å². The van der Waals surface area contributed by atoms with E-state index in [0.717, 1.165) is 47.4 Å². The first-order chi connectivity index (χ1) is 10.6. The van der Waals surface area contributed by atoms with Gasteiger partial charge in [-0.1, -0.05) is 11.3 Å². The normalized spacial score (nSPS) is 17.6. The lowest BCUT2D eigenvalue weighted by atomic mass is 10.2.